The number of hydrogen-bond donors (Lipinski definition) is 1. The predicted molar refractivity (Wildman–Crippen MR) is 62.8 cm³/mol. The van der Waals surface area contributed by atoms with Crippen molar-refractivity contribution < 1.29 is 9.53 Å². The van der Waals surface area contributed by atoms with Crippen LogP contribution in [0, 0.1) is 0 Å². The highest BCUT2D eigenvalue weighted by Gasteiger charge is 2.26. The minimum atomic E-state index is -0.0260. The fraction of sp³-hybridized carbons (Fsp3) is 0.636. The van der Waals surface area contributed by atoms with Gasteiger partial charge in [-0.25, -0.2) is 4.98 Å². The summed E-state index contributed by atoms with van der Waals surface area (Å²) >= 11 is 0. The molecule has 0 aliphatic carbocycles. The third-order valence-electron chi connectivity index (χ3n) is 2.87. The van der Waals surface area contributed by atoms with Gasteiger partial charge in [-0.2, -0.15) is 0 Å². The summed E-state index contributed by atoms with van der Waals surface area (Å²) in [5.41, 5.74) is 0. The van der Waals surface area contributed by atoms with Crippen molar-refractivity contribution in [2.24, 2.45) is 7.05 Å². The highest BCUT2D eigenvalue weighted by molar-refractivity contribution is 5.90. The Morgan fingerprint density at radius 3 is 3.18 bits per heavy atom. The molecule has 1 unspecified atom stereocenters. The van der Waals surface area contributed by atoms with Crippen LogP contribution in [-0.4, -0.2) is 59.8 Å². The zero-order valence-corrected chi connectivity index (χ0v) is 10.2. The molecule has 2 rings (SSSR count). The zero-order chi connectivity index (χ0) is 12.3. The highest BCUT2D eigenvalue weighted by Crippen LogP contribution is 2.08. The van der Waals surface area contributed by atoms with E-state index in [4.69, 9.17) is 4.74 Å². The van der Waals surface area contributed by atoms with Gasteiger partial charge >= 0.3 is 0 Å². The van der Waals surface area contributed by atoms with Crippen molar-refractivity contribution >= 4 is 5.91 Å². The van der Waals surface area contributed by atoms with Gasteiger partial charge in [0.05, 0.1) is 12.7 Å². The second-order valence-electron chi connectivity index (χ2n) is 4.16. The van der Waals surface area contributed by atoms with E-state index in [0.29, 0.717) is 25.5 Å². The molecule has 6 heteroatoms. The molecule has 0 radical (unpaired) electrons. The van der Waals surface area contributed by atoms with Crippen molar-refractivity contribution in [3.8, 4) is 0 Å². The Hall–Kier alpha value is -1.40. The fourth-order valence-corrected chi connectivity index (χ4v) is 1.97. The van der Waals surface area contributed by atoms with Crippen molar-refractivity contribution in [1.29, 1.82) is 0 Å². The van der Waals surface area contributed by atoms with Crippen molar-refractivity contribution in [3.63, 3.8) is 0 Å². The lowest BCUT2D eigenvalue weighted by atomic mass is 10.2. The number of carbonyl (C=O) groups excluding carboxylic acids is 1. The third-order valence-corrected chi connectivity index (χ3v) is 2.87. The summed E-state index contributed by atoms with van der Waals surface area (Å²) < 4.78 is 7.30. The minimum Gasteiger partial charge on any atom is -0.373 e. The molecule has 0 aromatic carbocycles. The lowest BCUT2D eigenvalue weighted by Gasteiger charge is -2.32. The smallest absolute Gasteiger partial charge is 0.290 e. The summed E-state index contributed by atoms with van der Waals surface area (Å²) in [5, 5.41) is 3.06. The first-order valence-electron chi connectivity index (χ1n) is 5.75. The Kier molecular flexibility index (Phi) is 3.75. The summed E-state index contributed by atoms with van der Waals surface area (Å²) in [4.78, 5) is 18.1. The first kappa shape index (κ1) is 12.1. The zero-order valence-electron chi connectivity index (χ0n) is 10.2. The molecule has 94 valence electrons. The molecule has 17 heavy (non-hydrogen) atoms. The maximum atomic E-state index is 12.2. The van der Waals surface area contributed by atoms with Crippen molar-refractivity contribution in [3.05, 3.63) is 18.2 Å². The Labute approximate surface area is 101 Å². The van der Waals surface area contributed by atoms with Gasteiger partial charge in [0.1, 0.15) is 0 Å². The Morgan fingerprint density at radius 2 is 2.53 bits per heavy atom. The molecule has 2 heterocycles. The van der Waals surface area contributed by atoms with Crippen LogP contribution in [0.2, 0.25) is 0 Å². The maximum Gasteiger partial charge on any atom is 0.290 e. The quantitative estimate of drug-likeness (QED) is 0.770. The van der Waals surface area contributed by atoms with E-state index in [1.807, 2.05) is 14.1 Å². The molecule has 1 N–H and O–H groups in total. The molecule has 1 saturated heterocycles. The van der Waals surface area contributed by atoms with Gasteiger partial charge in [-0.15, -0.1) is 0 Å². The van der Waals surface area contributed by atoms with E-state index in [0.717, 1.165) is 6.54 Å². The van der Waals surface area contributed by atoms with E-state index in [2.05, 4.69) is 10.3 Å². The minimum absolute atomic E-state index is 0.0260. The average Bonchev–Trinajstić information content (AvgIpc) is 2.75. The van der Waals surface area contributed by atoms with Crippen LogP contribution in [0.4, 0.5) is 0 Å². The lowest BCUT2D eigenvalue weighted by molar-refractivity contribution is -0.0201. The first-order valence-corrected chi connectivity index (χ1v) is 5.75. The summed E-state index contributed by atoms with van der Waals surface area (Å²) in [6, 6.07) is 0. The number of ether oxygens (including phenoxy) is 1. The Bertz CT molecular complexity index is 389. The van der Waals surface area contributed by atoms with Gasteiger partial charge in [0.25, 0.3) is 5.91 Å². The third kappa shape index (κ3) is 2.65. The van der Waals surface area contributed by atoms with Crippen molar-refractivity contribution in [2.45, 2.75) is 6.10 Å². The number of morpholine rings is 1. The molecule has 1 atom stereocenters. The Balaban J connectivity index is 2.02. The molecular formula is C11H18N4O2. The van der Waals surface area contributed by atoms with Gasteiger partial charge in [0, 0.05) is 39.1 Å². The van der Waals surface area contributed by atoms with Crippen LogP contribution in [0.15, 0.2) is 12.4 Å². The SMILES string of the molecule is CNCC1CN(C(=O)c2nccn2C)CCO1. The Morgan fingerprint density at radius 1 is 1.71 bits per heavy atom. The van der Waals surface area contributed by atoms with Crippen LogP contribution < -0.4 is 5.32 Å². The molecule has 0 saturated carbocycles. The van der Waals surface area contributed by atoms with Gasteiger partial charge in [-0.1, -0.05) is 0 Å². The number of imidazole rings is 1. The van der Waals surface area contributed by atoms with Gasteiger partial charge in [0.15, 0.2) is 5.82 Å². The molecule has 0 spiro atoms. The molecular weight excluding hydrogens is 220 g/mol. The van der Waals surface area contributed by atoms with E-state index >= 15 is 0 Å². The normalized spacial score (nSPS) is 20.6. The summed E-state index contributed by atoms with van der Waals surface area (Å²) in [7, 11) is 3.70. The molecule has 1 fully saturated rings. The molecule has 1 aromatic rings. The fourth-order valence-electron chi connectivity index (χ4n) is 1.97. The summed E-state index contributed by atoms with van der Waals surface area (Å²) in [6.45, 7) is 2.59. The van der Waals surface area contributed by atoms with E-state index < -0.39 is 0 Å². The molecule has 0 bridgehead atoms. The van der Waals surface area contributed by atoms with Crippen molar-refractivity contribution in [1.82, 2.24) is 19.8 Å². The number of nitrogens with one attached hydrogen (secondary N) is 1. The second-order valence-corrected chi connectivity index (χ2v) is 4.16. The number of aryl methyl sites for hydroxylation is 1. The number of hydrogen-bond acceptors (Lipinski definition) is 4. The number of rotatable bonds is 3. The van der Waals surface area contributed by atoms with Gasteiger partial charge in [0.2, 0.25) is 0 Å². The van der Waals surface area contributed by atoms with Crippen LogP contribution in [0.5, 0.6) is 0 Å². The largest absolute Gasteiger partial charge is 0.373 e. The molecule has 1 amide bonds. The van der Waals surface area contributed by atoms with Crippen LogP contribution in [0.1, 0.15) is 10.6 Å². The first-order chi connectivity index (χ1) is 8.22. The number of likely N-dealkylation sites (N-methyl/N-ethyl adjacent to an activating group) is 1. The average molecular weight is 238 g/mol. The predicted octanol–water partition coefficient (Wildman–Crippen LogP) is -0.520. The van der Waals surface area contributed by atoms with E-state index in [9.17, 15) is 4.79 Å². The maximum absolute atomic E-state index is 12.2. The van der Waals surface area contributed by atoms with Gasteiger partial charge < -0.3 is 19.5 Å². The van der Waals surface area contributed by atoms with Crippen molar-refractivity contribution in [2.75, 3.05) is 33.3 Å². The lowest BCUT2D eigenvalue weighted by Crippen LogP contribution is -2.49. The molecule has 6 nitrogen and oxygen atoms in total. The number of nitrogens with zero attached hydrogens (tertiary/aromatic N) is 3. The number of aromatic nitrogens is 2. The number of amides is 1. The summed E-state index contributed by atoms with van der Waals surface area (Å²) in [6.07, 6.45) is 3.48. The van der Waals surface area contributed by atoms with E-state index in [1.54, 1.807) is 21.9 Å². The van der Waals surface area contributed by atoms with Gasteiger partial charge in [-0.05, 0) is 7.05 Å². The number of carbonyl (C=O) groups is 1. The van der Waals surface area contributed by atoms with Gasteiger partial charge in [-0.3, -0.25) is 4.79 Å². The highest BCUT2D eigenvalue weighted by atomic mass is 16.5. The monoisotopic (exact) mass is 238 g/mol. The van der Waals surface area contributed by atoms with Crippen LogP contribution in [0.3, 0.4) is 0 Å². The summed E-state index contributed by atoms with van der Waals surface area (Å²) in [5.74, 6) is 0.456. The van der Waals surface area contributed by atoms with E-state index in [1.165, 1.54) is 0 Å². The topological polar surface area (TPSA) is 59.4 Å². The molecule has 1 aliphatic rings. The van der Waals surface area contributed by atoms with Crippen LogP contribution >= 0.6 is 0 Å². The molecule has 1 aromatic heterocycles. The van der Waals surface area contributed by atoms with Crippen LogP contribution in [0.25, 0.3) is 0 Å². The standard InChI is InChI=1S/C11H18N4O2/c1-12-7-9-8-15(5-6-17-9)11(16)10-13-3-4-14(10)2/h3-4,9,12H,5-8H2,1-2H3. The second kappa shape index (κ2) is 5.29. The van der Waals surface area contributed by atoms with Crippen LogP contribution in [-0.2, 0) is 11.8 Å². The van der Waals surface area contributed by atoms with E-state index in [-0.39, 0.29) is 12.0 Å². The molecule has 1 aliphatic heterocycles.